The molecule has 2 N–H and O–H groups in total. The molecule has 0 spiro atoms. The highest BCUT2D eigenvalue weighted by atomic mass is 32.2. The van der Waals surface area contributed by atoms with Crippen LogP contribution in [-0.4, -0.2) is 26.0 Å². The molecule has 0 heterocycles. The molecule has 104 valence electrons. The Morgan fingerprint density at radius 3 is 2.63 bits per heavy atom. The molecule has 1 aromatic rings. The minimum atomic E-state index is -3.64. The summed E-state index contributed by atoms with van der Waals surface area (Å²) in [5.74, 6) is -0.167. The summed E-state index contributed by atoms with van der Waals surface area (Å²) in [6, 6.07) is 4.12. The van der Waals surface area contributed by atoms with Crippen LogP contribution in [0.15, 0.2) is 23.1 Å². The molecule has 0 amide bonds. The molecule has 2 atom stereocenters. The largest absolute Gasteiger partial charge is 0.478 e. The van der Waals surface area contributed by atoms with E-state index < -0.39 is 16.0 Å². The van der Waals surface area contributed by atoms with Crippen LogP contribution in [0.25, 0.3) is 0 Å². The topological polar surface area (TPSA) is 83.5 Å². The van der Waals surface area contributed by atoms with Crippen molar-refractivity contribution in [3.63, 3.8) is 0 Å². The van der Waals surface area contributed by atoms with Gasteiger partial charge in [-0.1, -0.05) is 13.0 Å². The van der Waals surface area contributed by atoms with Gasteiger partial charge in [0.25, 0.3) is 0 Å². The Balaban J connectivity index is 2.23. The summed E-state index contributed by atoms with van der Waals surface area (Å²) in [6.07, 6.45) is 1.04. The van der Waals surface area contributed by atoms with Crippen LogP contribution in [0.1, 0.15) is 29.3 Å². The van der Waals surface area contributed by atoms with E-state index in [2.05, 4.69) is 11.6 Å². The Labute approximate surface area is 112 Å². The van der Waals surface area contributed by atoms with Gasteiger partial charge in [0.2, 0.25) is 10.0 Å². The zero-order valence-electron chi connectivity index (χ0n) is 10.9. The molecule has 0 bridgehead atoms. The molecule has 1 aliphatic carbocycles. The highest BCUT2D eigenvalue weighted by molar-refractivity contribution is 7.89. The van der Waals surface area contributed by atoms with E-state index in [0.717, 1.165) is 6.42 Å². The predicted molar refractivity (Wildman–Crippen MR) is 70.6 cm³/mol. The molecule has 0 aromatic heterocycles. The van der Waals surface area contributed by atoms with Gasteiger partial charge < -0.3 is 5.11 Å². The second-order valence-corrected chi connectivity index (χ2v) is 6.85. The van der Waals surface area contributed by atoms with Gasteiger partial charge in [0.15, 0.2) is 0 Å². The fraction of sp³-hybridized carbons (Fsp3) is 0.462. The van der Waals surface area contributed by atoms with Crippen LogP contribution >= 0.6 is 0 Å². The summed E-state index contributed by atoms with van der Waals surface area (Å²) in [6.45, 7) is 4.15. The average Bonchev–Trinajstić information content (AvgIpc) is 3.03. The maximum absolute atomic E-state index is 12.2. The van der Waals surface area contributed by atoms with Gasteiger partial charge >= 0.3 is 5.97 Å². The Bertz CT molecular complexity index is 609. The lowest BCUT2D eigenvalue weighted by atomic mass is 10.1. The molecule has 0 radical (unpaired) electrons. The SMILES string of the molecule is Cc1ccc(C(=O)O)cc1S(=O)(=O)NCC1CC1C. The van der Waals surface area contributed by atoms with Crippen molar-refractivity contribution in [3.05, 3.63) is 29.3 Å². The van der Waals surface area contributed by atoms with Crippen molar-refractivity contribution in [2.45, 2.75) is 25.2 Å². The first-order valence-electron chi connectivity index (χ1n) is 6.15. The smallest absolute Gasteiger partial charge is 0.335 e. The first-order valence-corrected chi connectivity index (χ1v) is 7.63. The number of nitrogens with one attached hydrogen (secondary N) is 1. The summed E-state index contributed by atoms with van der Waals surface area (Å²) in [4.78, 5) is 10.9. The Morgan fingerprint density at radius 2 is 2.11 bits per heavy atom. The van der Waals surface area contributed by atoms with Crippen LogP contribution in [0.5, 0.6) is 0 Å². The fourth-order valence-corrected chi connectivity index (χ4v) is 3.36. The molecule has 2 rings (SSSR count). The molecule has 2 unspecified atom stereocenters. The van der Waals surface area contributed by atoms with E-state index in [1.54, 1.807) is 6.92 Å². The van der Waals surface area contributed by atoms with Gasteiger partial charge in [-0.2, -0.15) is 0 Å². The van der Waals surface area contributed by atoms with Crippen LogP contribution in [0.3, 0.4) is 0 Å². The van der Waals surface area contributed by atoms with E-state index in [4.69, 9.17) is 5.11 Å². The average molecular weight is 283 g/mol. The fourth-order valence-electron chi connectivity index (χ4n) is 2.00. The number of aromatic carboxylic acids is 1. The summed E-state index contributed by atoms with van der Waals surface area (Å²) in [7, 11) is -3.64. The van der Waals surface area contributed by atoms with Crippen molar-refractivity contribution >= 4 is 16.0 Å². The summed E-state index contributed by atoms with van der Waals surface area (Å²) in [5, 5.41) is 8.91. The lowest BCUT2D eigenvalue weighted by molar-refractivity contribution is 0.0696. The first-order chi connectivity index (χ1) is 8.81. The maximum atomic E-state index is 12.2. The van der Waals surface area contributed by atoms with Crippen LogP contribution in [-0.2, 0) is 10.0 Å². The van der Waals surface area contributed by atoms with Crippen molar-refractivity contribution in [2.24, 2.45) is 11.8 Å². The zero-order chi connectivity index (χ0) is 14.2. The lowest BCUT2D eigenvalue weighted by Gasteiger charge is -2.09. The molecular weight excluding hydrogens is 266 g/mol. The van der Waals surface area contributed by atoms with Gasteiger partial charge in [0, 0.05) is 6.54 Å². The lowest BCUT2D eigenvalue weighted by Crippen LogP contribution is -2.27. The van der Waals surface area contributed by atoms with Crippen LogP contribution in [0.4, 0.5) is 0 Å². The molecule has 19 heavy (non-hydrogen) atoms. The molecule has 1 saturated carbocycles. The van der Waals surface area contributed by atoms with Gasteiger partial charge in [-0.25, -0.2) is 17.9 Å². The van der Waals surface area contributed by atoms with E-state index in [1.165, 1.54) is 18.2 Å². The van der Waals surface area contributed by atoms with Gasteiger partial charge in [-0.15, -0.1) is 0 Å². The Hall–Kier alpha value is -1.40. The van der Waals surface area contributed by atoms with Crippen molar-refractivity contribution in [1.82, 2.24) is 4.72 Å². The molecule has 1 aromatic carbocycles. The summed E-state index contributed by atoms with van der Waals surface area (Å²) < 4.78 is 26.9. The van der Waals surface area contributed by atoms with Gasteiger partial charge in [-0.05, 0) is 42.9 Å². The maximum Gasteiger partial charge on any atom is 0.335 e. The number of carbonyl (C=O) groups is 1. The van der Waals surface area contributed by atoms with Crippen LogP contribution in [0.2, 0.25) is 0 Å². The van der Waals surface area contributed by atoms with E-state index >= 15 is 0 Å². The van der Waals surface area contributed by atoms with Gasteiger partial charge in [0.05, 0.1) is 10.5 Å². The molecule has 0 saturated heterocycles. The van der Waals surface area contributed by atoms with E-state index in [0.29, 0.717) is 23.9 Å². The number of sulfonamides is 1. The van der Waals surface area contributed by atoms with Gasteiger partial charge in [0.1, 0.15) is 0 Å². The zero-order valence-corrected chi connectivity index (χ0v) is 11.7. The third kappa shape index (κ3) is 3.13. The normalized spacial score (nSPS) is 22.2. The molecular formula is C13H17NO4S. The second kappa shape index (κ2) is 4.94. The number of hydrogen-bond acceptors (Lipinski definition) is 3. The van der Waals surface area contributed by atoms with Crippen LogP contribution in [0, 0.1) is 18.8 Å². The highest BCUT2D eigenvalue weighted by Gasteiger charge is 2.33. The molecule has 1 aliphatic rings. The molecule has 5 nitrogen and oxygen atoms in total. The van der Waals surface area contributed by atoms with Crippen molar-refractivity contribution in [3.8, 4) is 0 Å². The summed E-state index contributed by atoms with van der Waals surface area (Å²) >= 11 is 0. The predicted octanol–water partition coefficient (Wildman–Crippen LogP) is 1.63. The number of benzene rings is 1. The Kier molecular flexibility index (Phi) is 3.64. The molecule has 6 heteroatoms. The molecule has 0 aliphatic heterocycles. The first kappa shape index (κ1) is 14.0. The number of hydrogen-bond donors (Lipinski definition) is 2. The quantitative estimate of drug-likeness (QED) is 0.860. The monoisotopic (exact) mass is 283 g/mol. The highest BCUT2D eigenvalue weighted by Crippen LogP contribution is 2.37. The van der Waals surface area contributed by atoms with Crippen molar-refractivity contribution < 1.29 is 18.3 Å². The van der Waals surface area contributed by atoms with E-state index in [1.807, 2.05) is 0 Å². The summed E-state index contributed by atoms with van der Waals surface area (Å²) in [5.41, 5.74) is 0.520. The van der Waals surface area contributed by atoms with E-state index in [-0.39, 0.29) is 10.5 Å². The number of carboxylic acid groups (broad SMARTS) is 1. The minimum absolute atomic E-state index is 0.0224. The third-order valence-electron chi connectivity index (χ3n) is 3.54. The van der Waals surface area contributed by atoms with E-state index in [9.17, 15) is 13.2 Å². The van der Waals surface area contributed by atoms with Gasteiger partial charge in [-0.3, -0.25) is 0 Å². The molecule has 1 fully saturated rings. The van der Waals surface area contributed by atoms with Crippen LogP contribution < -0.4 is 4.72 Å². The Morgan fingerprint density at radius 1 is 1.47 bits per heavy atom. The standard InChI is InChI=1S/C13H17NO4S/c1-8-3-4-10(13(15)16)6-12(8)19(17,18)14-7-11-5-9(11)2/h3-4,6,9,11,14H,5,7H2,1-2H3,(H,15,16). The number of carboxylic acids is 1. The number of aryl methyl sites for hydroxylation is 1. The van der Waals surface area contributed by atoms with Crippen molar-refractivity contribution in [1.29, 1.82) is 0 Å². The second-order valence-electron chi connectivity index (χ2n) is 5.11. The third-order valence-corrected chi connectivity index (χ3v) is 5.10. The number of rotatable bonds is 5. The minimum Gasteiger partial charge on any atom is -0.478 e. The van der Waals surface area contributed by atoms with Crippen molar-refractivity contribution in [2.75, 3.05) is 6.54 Å².